The van der Waals surface area contributed by atoms with Crippen molar-refractivity contribution in [3.8, 4) is 0 Å². The lowest BCUT2D eigenvalue weighted by atomic mass is 10.1. The van der Waals surface area contributed by atoms with E-state index in [0.717, 1.165) is 0 Å². The Bertz CT molecular complexity index is 460. The Balaban J connectivity index is 2.61. The fourth-order valence-electron chi connectivity index (χ4n) is 1.35. The van der Waals surface area contributed by atoms with Crippen molar-refractivity contribution < 1.29 is 24.2 Å². The Morgan fingerprint density at radius 3 is 2.68 bits per heavy atom. The van der Waals surface area contributed by atoms with Crippen molar-refractivity contribution in [1.82, 2.24) is 10.3 Å². The molecule has 0 spiro atoms. The highest BCUT2D eigenvalue weighted by atomic mass is 16.5. The molecule has 1 atom stereocenters. The molecule has 0 saturated heterocycles. The monoisotopic (exact) mass is 266 g/mol. The molecule has 7 heteroatoms. The van der Waals surface area contributed by atoms with E-state index in [1.54, 1.807) is 12.1 Å². The largest absolute Gasteiger partial charge is 0.480 e. The molecule has 0 fully saturated rings. The topological polar surface area (TPSA) is 106 Å². The van der Waals surface area contributed by atoms with Crippen LogP contribution in [-0.4, -0.2) is 41.1 Å². The van der Waals surface area contributed by atoms with Gasteiger partial charge in [-0.2, -0.15) is 0 Å². The molecule has 1 heterocycles. The fourth-order valence-corrected chi connectivity index (χ4v) is 1.35. The van der Waals surface area contributed by atoms with Gasteiger partial charge in [-0.25, -0.2) is 4.79 Å². The lowest BCUT2D eigenvalue weighted by Gasteiger charge is -2.13. The summed E-state index contributed by atoms with van der Waals surface area (Å²) in [5.74, 6) is -2.34. The summed E-state index contributed by atoms with van der Waals surface area (Å²) in [4.78, 5) is 37.5. The van der Waals surface area contributed by atoms with Crippen molar-refractivity contribution >= 4 is 17.8 Å². The van der Waals surface area contributed by atoms with Crippen LogP contribution in [0.15, 0.2) is 24.4 Å². The van der Waals surface area contributed by atoms with Crippen LogP contribution in [-0.2, 0) is 14.3 Å². The Labute approximate surface area is 109 Å². The summed E-state index contributed by atoms with van der Waals surface area (Å²) in [6.07, 6.45) is 1.30. The van der Waals surface area contributed by atoms with E-state index in [1.807, 2.05) is 0 Å². The van der Waals surface area contributed by atoms with Gasteiger partial charge in [0, 0.05) is 12.6 Å². The molecule has 0 radical (unpaired) electrons. The number of carbonyl (C=O) groups is 3. The molecule has 0 bridgehead atoms. The van der Waals surface area contributed by atoms with Gasteiger partial charge in [0.15, 0.2) is 0 Å². The molecular weight excluding hydrogens is 252 g/mol. The molecule has 2 N–H and O–H groups in total. The number of carbonyl (C=O) groups excluding carboxylic acids is 2. The van der Waals surface area contributed by atoms with Gasteiger partial charge in [-0.3, -0.25) is 14.6 Å². The summed E-state index contributed by atoms with van der Waals surface area (Å²) in [5.41, 5.74) is 0.117. The molecule has 7 nitrogen and oxygen atoms in total. The predicted octanol–water partition coefficient (Wildman–Crippen LogP) is 0.218. The summed E-state index contributed by atoms with van der Waals surface area (Å²) < 4.78 is 4.41. The van der Waals surface area contributed by atoms with Crippen molar-refractivity contribution in [3.63, 3.8) is 0 Å². The van der Waals surface area contributed by atoms with E-state index in [1.165, 1.54) is 19.4 Å². The highest BCUT2D eigenvalue weighted by molar-refractivity contribution is 5.94. The van der Waals surface area contributed by atoms with Crippen LogP contribution in [0.1, 0.15) is 23.3 Å². The Hall–Kier alpha value is -2.44. The number of aliphatic carboxylic acids is 1. The van der Waals surface area contributed by atoms with Crippen LogP contribution in [0, 0.1) is 0 Å². The first-order valence-electron chi connectivity index (χ1n) is 5.56. The third-order valence-electron chi connectivity index (χ3n) is 2.37. The van der Waals surface area contributed by atoms with Crippen LogP contribution in [0.3, 0.4) is 0 Å². The molecule has 0 aliphatic heterocycles. The first-order chi connectivity index (χ1) is 9.04. The minimum absolute atomic E-state index is 0.0411. The molecule has 0 saturated carbocycles. The molecule has 19 heavy (non-hydrogen) atoms. The quantitative estimate of drug-likeness (QED) is 0.713. The Morgan fingerprint density at radius 2 is 2.16 bits per heavy atom. The first-order valence-corrected chi connectivity index (χ1v) is 5.56. The number of carboxylic acids is 1. The van der Waals surface area contributed by atoms with Gasteiger partial charge in [-0.05, 0) is 18.6 Å². The maximum Gasteiger partial charge on any atom is 0.326 e. The number of pyridine rings is 1. The molecule has 0 aliphatic carbocycles. The van der Waals surface area contributed by atoms with Crippen LogP contribution < -0.4 is 5.32 Å². The average molecular weight is 266 g/mol. The molecule has 0 unspecified atom stereocenters. The minimum atomic E-state index is -1.21. The number of hydrogen-bond donors (Lipinski definition) is 2. The summed E-state index contributed by atoms with van der Waals surface area (Å²) >= 11 is 0. The maximum absolute atomic E-state index is 11.7. The molecule has 1 aromatic rings. The molecule has 1 aromatic heterocycles. The van der Waals surface area contributed by atoms with E-state index in [9.17, 15) is 14.4 Å². The van der Waals surface area contributed by atoms with Gasteiger partial charge in [-0.1, -0.05) is 6.07 Å². The predicted molar refractivity (Wildman–Crippen MR) is 64.4 cm³/mol. The van der Waals surface area contributed by atoms with Crippen LogP contribution in [0.2, 0.25) is 0 Å². The smallest absolute Gasteiger partial charge is 0.326 e. The number of carboxylic acid groups (broad SMARTS) is 1. The summed E-state index contributed by atoms with van der Waals surface area (Å²) in [6.45, 7) is 0. The van der Waals surface area contributed by atoms with Gasteiger partial charge in [0.25, 0.3) is 5.91 Å². The number of amides is 1. The summed E-state index contributed by atoms with van der Waals surface area (Å²) in [5, 5.41) is 11.3. The number of esters is 1. The number of methoxy groups -OCH3 is 1. The zero-order valence-electron chi connectivity index (χ0n) is 10.3. The van der Waals surface area contributed by atoms with Gasteiger partial charge in [0.1, 0.15) is 11.7 Å². The summed E-state index contributed by atoms with van der Waals surface area (Å²) in [6, 6.07) is 3.57. The molecule has 1 amide bonds. The van der Waals surface area contributed by atoms with Gasteiger partial charge in [0.05, 0.1) is 7.11 Å². The first kappa shape index (κ1) is 14.6. The lowest BCUT2D eigenvalue weighted by Crippen LogP contribution is -2.41. The van der Waals surface area contributed by atoms with E-state index in [2.05, 4.69) is 15.0 Å². The lowest BCUT2D eigenvalue weighted by molar-refractivity contribution is -0.142. The van der Waals surface area contributed by atoms with Gasteiger partial charge < -0.3 is 15.2 Å². The third kappa shape index (κ3) is 4.74. The fraction of sp³-hybridized carbons (Fsp3) is 0.333. The van der Waals surface area contributed by atoms with Crippen LogP contribution in [0.25, 0.3) is 0 Å². The third-order valence-corrected chi connectivity index (χ3v) is 2.37. The van der Waals surface area contributed by atoms with Crippen LogP contribution in [0.4, 0.5) is 0 Å². The normalized spacial score (nSPS) is 11.4. The van der Waals surface area contributed by atoms with Gasteiger partial charge in [0.2, 0.25) is 0 Å². The second-order valence-electron chi connectivity index (χ2n) is 3.69. The highest BCUT2D eigenvalue weighted by Crippen LogP contribution is 2.02. The second kappa shape index (κ2) is 7.10. The molecular formula is C12H14N2O5. The van der Waals surface area contributed by atoms with E-state index >= 15 is 0 Å². The van der Waals surface area contributed by atoms with Crippen molar-refractivity contribution in [2.24, 2.45) is 0 Å². The number of nitrogens with one attached hydrogen (secondary N) is 1. The highest BCUT2D eigenvalue weighted by Gasteiger charge is 2.22. The molecule has 1 rings (SSSR count). The molecule has 102 valence electrons. The number of aromatic nitrogens is 1. The maximum atomic E-state index is 11.7. The SMILES string of the molecule is COC(=O)CC[C@H](NC(=O)c1ccccn1)C(=O)O. The van der Waals surface area contributed by atoms with E-state index < -0.39 is 23.9 Å². The van der Waals surface area contributed by atoms with E-state index in [-0.39, 0.29) is 18.5 Å². The van der Waals surface area contributed by atoms with Crippen molar-refractivity contribution in [1.29, 1.82) is 0 Å². The summed E-state index contributed by atoms with van der Waals surface area (Å²) in [7, 11) is 1.21. The van der Waals surface area contributed by atoms with Crippen LogP contribution >= 0.6 is 0 Å². The van der Waals surface area contributed by atoms with Crippen molar-refractivity contribution in [3.05, 3.63) is 30.1 Å². The minimum Gasteiger partial charge on any atom is -0.480 e. The zero-order chi connectivity index (χ0) is 14.3. The zero-order valence-corrected chi connectivity index (χ0v) is 10.3. The number of rotatable bonds is 6. The Morgan fingerprint density at radius 1 is 1.42 bits per heavy atom. The molecule has 0 aromatic carbocycles. The van der Waals surface area contributed by atoms with Gasteiger partial charge in [-0.15, -0.1) is 0 Å². The van der Waals surface area contributed by atoms with Crippen LogP contribution in [0.5, 0.6) is 0 Å². The van der Waals surface area contributed by atoms with E-state index in [4.69, 9.17) is 5.11 Å². The van der Waals surface area contributed by atoms with E-state index in [0.29, 0.717) is 0 Å². The van der Waals surface area contributed by atoms with Gasteiger partial charge >= 0.3 is 11.9 Å². The number of hydrogen-bond acceptors (Lipinski definition) is 5. The standard InChI is InChI=1S/C12H14N2O5/c1-19-10(15)6-5-9(12(17)18)14-11(16)8-4-2-3-7-13-8/h2-4,7,9H,5-6H2,1H3,(H,14,16)(H,17,18)/t9-/m0/s1. The Kier molecular flexibility index (Phi) is 5.46. The number of ether oxygens (including phenoxy) is 1. The second-order valence-corrected chi connectivity index (χ2v) is 3.69. The van der Waals surface area contributed by atoms with Crippen molar-refractivity contribution in [2.45, 2.75) is 18.9 Å². The van der Waals surface area contributed by atoms with Crippen molar-refractivity contribution in [2.75, 3.05) is 7.11 Å². The molecule has 0 aliphatic rings. The number of nitrogens with zero attached hydrogens (tertiary/aromatic N) is 1. The average Bonchev–Trinajstić information content (AvgIpc) is 2.43.